The first-order chi connectivity index (χ1) is 14.2. The Hall–Kier alpha value is -3.25. The molecular weight excluding hydrogens is 362 g/mol. The minimum Gasteiger partial charge on any atom is -0.353 e. The van der Waals surface area contributed by atoms with Crippen molar-refractivity contribution in [2.45, 2.75) is 13.0 Å². The van der Waals surface area contributed by atoms with E-state index in [2.05, 4.69) is 37.2 Å². The molecule has 3 aromatic rings. The van der Waals surface area contributed by atoms with Gasteiger partial charge in [0.15, 0.2) is 0 Å². The second-order valence-electron chi connectivity index (χ2n) is 7.16. The first-order valence-electron chi connectivity index (χ1n) is 9.93. The molecule has 1 amide bonds. The number of rotatable bonds is 5. The fraction of sp³-hybridized carbons (Fsp3) is 0.261. The van der Waals surface area contributed by atoms with Crippen molar-refractivity contribution in [2.24, 2.45) is 0 Å². The lowest BCUT2D eigenvalue weighted by atomic mass is 10.0. The third-order valence-electron chi connectivity index (χ3n) is 5.38. The smallest absolute Gasteiger partial charge is 0.241 e. The number of nitrogens with one attached hydrogen (secondary N) is 1. The number of amides is 1. The lowest BCUT2D eigenvalue weighted by molar-refractivity contribution is -0.120. The van der Waals surface area contributed by atoms with Crippen molar-refractivity contribution in [2.75, 3.05) is 36.4 Å². The van der Waals surface area contributed by atoms with Gasteiger partial charge in [0.25, 0.3) is 0 Å². The van der Waals surface area contributed by atoms with Gasteiger partial charge in [-0.3, -0.25) is 14.7 Å². The van der Waals surface area contributed by atoms with Crippen LogP contribution in [0.5, 0.6) is 0 Å². The monoisotopic (exact) mass is 387 g/mol. The number of benzene rings is 2. The molecule has 148 valence electrons. The number of hydrogen-bond donors (Lipinski definition) is 1. The zero-order valence-electron chi connectivity index (χ0n) is 16.5. The third kappa shape index (κ3) is 4.43. The predicted octanol–water partition coefficient (Wildman–Crippen LogP) is 3.29. The van der Waals surface area contributed by atoms with Crippen LogP contribution in [-0.2, 0) is 4.79 Å². The van der Waals surface area contributed by atoms with E-state index < -0.39 is 0 Å². The highest BCUT2D eigenvalue weighted by atomic mass is 16.2. The molecule has 1 saturated heterocycles. The fourth-order valence-electron chi connectivity index (χ4n) is 3.66. The molecule has 2 heterocycles. The Morgan fingerprint density at radius 2 is 1.69 bits per heavy atom. The SMILES string of the molecule is CC(C(=O)Nc1ccccc1-c1ccccc1)N1CCN(c2cnccn2)CC1. The summed E-state index contributed by atoms with van der Waals surface area (Å²) >= 11 is 0. The quantitative estimate of drug-likeness (QED) is 0.728. The summed E-state index contributed by atoms with van der Waals surface area (Å²) in [5.74, 6) is 0.905. The Balaban J connectivity index is 1.40. The van der Waals surface area contributed by atoms with Crippen molar-refractivity contribution in [3.63, 3.8) is 0 Å². The van der Waals surface area contributed by atoms with Crippen LogP contribution < -0.4 is 10.2 Å². The van der Waals surface area contributed by atoms with Gasteiger partial charge in [-0.15, -0.1) is 0 Å². The van der Waals surface area contributed by atoms with Gasteiger partial charge in [-0.2, -0.15) is 0 Å². The largest absolute Gasteiger partial charge is 0.353 e. The number of aromatic nitrogens is 2. The van der Waals surface area contributed by atoms with E-state index in [-0.39, 0.29) is 11.9 Å². The molecule has 29 heavy (non-hydrogen) atoms. The van der Waals surface area contributed by atoms with Crippen molar-refractivity contribution in [1.82, 2.24) is 14.9 Å². The third-order valence-corrected chi connectivity index (χ3v) is 5.38. The minimum absolute atomic E-state index is 0.0151. The van der Waals surface area contributed by atoms with Gasteiger partial charge in [-0.05, 0) is 18.6 Å². The summed E-state index contributed by atoms with van der Waals surface area (Å²) in [5, 5.41) is 3.13. The van der Waals surface area contributed by atoms with Gasteiger partial charge in [0.05, 0.1) is 12.2 Å². The molecule has 2 aromatic carbocycles. The minimum atomic E-state index is -0.206. The molecule has 1 unspecified atom stereocenters. The first-order valence-corrected chi connectivity index (χ1v) is 9.93. The van der Waals surface area contributed by atoms with Crippen LogP contribution in [0.3, 0.4) is 0 Å². The standard InChI is InChI=1S/C23H25N5O/c1-18(27-13-15-28(16-14-27)22-17-24-11-12-25-22)23(29)26-21-10-6-5-9-20(21)19-7-3-2-4-8-19/h2-12,17-18H,13-16H2,1H3,(H,26,29). The Kier molecular flexibility index (Phi) is 5.81. The lowest BCUT2D eigenvalue weighted by Crippen LogP contribution is -2.53. The lowest BCUT2D eigenvalue weighted by Gasteiger charge is -2.37. The molecule has 0 saturated carbocycles. The predicted molar refractivity (Wildman–Crippen MR) is 116 cm³/mol. The van der Waals surface area contributed by atoms with Crippen LogP contribution >= 0.6 is 0 Å². The summed E-state index contributed by atoms with van der Waals surface area (Å²) < 4.78 is 0. The van der Waals surface area contributed by atoms with E-state index in [0.717, 1.165) is 48.8 Å². The number of nitrogens with zero attached hydrogens (tertiary/aromatic N) is 4. The number of hydrogen-bond acceptors (Lipinski definition) is 5. The van der Waals surface area contributed by atoms with Crippen molar-refractivity contribution in [3.05, 3.63) is 73.2 Å². The second-order valence-corrected chi connectivity index (χ2v) is 7.16. The molecule has 1 N–H and O–H groups in total. The zero-order valence-corrected chi connectivity index (χ0v) is 16.5. The Morgan fingerprint density at radius 1 is 0.966 bits per heavy atom. The Labute approximate surface area is 171 Å². The first kappa shape index (κ1) is 19.1. The number of carbonyl (C=O) groups is 1. The summed E-state index contributed by atoms with van der Waals surface area (Å²) in [4.78, 5) is 25.9. The molecule has 0 bridgehead atoms. The molecule has 1 aliphatic rings. The van der Waals surface area contributed by atoms with Crippen LogP contribution in [0.1, 0.15) is 6.92 Å². The summed E-state index contributed by atoms with van der Waals surface area (Å²) in [7, 11) is 0. The zero-order chi connectivity index (χ0) is 20.1. The van der Waals surface area contributed by atoms with Gasteiger partial charge < -0.3 is 10.2 Å². The molecule has 4 rings (SSSR count). The summed E-state index contributed by atoms with van der Waals surface area (Å²) in [5.41, 5.74) is 2.96. The molecule has 6 heteroatoms. The highest BCUT2D eigenvalue weighted by Gasteiger charge is 2.26. The molecule has 6 nitrogen and oxygen atoms in total. The van der Waals surface area contributed by atoms with E-state index >= 15 is 0 Å². The average molecular weight is 387 g/mol. The van der Waals surface area contributed by atoms with Gasteiger partial charge in [0.2, 0.25) is 5.91 Å². The van der Waals surface area contributed by atoms with Crippen LogP contribution in [0.25, 0.3) is 11.1 Å². The normalized spacial score (nSPS) is 15.7. The molecular formula is C23H25N5O. The summed E-state index contributed by atoms with van der Waals surface area (Å²) in [6.45, 7) is 5.25. The molecule has 1 fully saturated rings. The van der Waals surface area contributed by atoms with Crippen molar-refractivity contribution in [3.8, 4) is 11.1 Å². The maximum Gasteiger partial charge on any atom is 0.241 e. The van der Waals surface area contributed by atoms with Crippen LogP contribution in [0.15, 0.2) is 73.2 Å². The Morgan fingerprint density at radius 3 is 2.41 bits per heavy atom. The molecule has 0 radical (unpaired) electrons. The number of piperazine rings is 1. The average Bonchev–Trinajstić information content (AvgIpc) is 2.80. The van der Waals surface area contributed by atoms with E-state index in [1.54, 1.807) is 18.6 Å². The van der Waals surface area contributed by atoms with Crippen LogP contribution in [0.4, 0.5) is 11.5 Å². The fourth-order valence-corrected chi connectivity index (χ4v) is 3.66. The van der Waals surface area contributed by atoms with Crippen molar-refractivity contribution in [1.29, 1.82) is 0 Å². The van der Waals surface area contributed by atoms with Gasteiger partial charge >= 0.3 is 0 Å². The molecule has 1 aliphatic heterocycles. The molecule has 1 atom stereocenters. The van der Waals surface area contributed by atoms with Gasteiger partial charge in [0.1, 0.15) is 5.82 Å². The number of anilines is 2. The van der Waals surface area contributed by atoms with E-state index in [9.17, 15) is 4.79 Å². The molecule has 1 aromatic heterocycles. The summed E-state index contributed by atoms with van der Waals surface area (Å²) in [6.07, 6.45) is 5.17. The maximum absolute atomic E-state index is 13.0. The van der Waals surface area contributed by atoms with Gasteiger partial charge in [-0.25, -0.2) is 4.98 Å². The topological polar surface area (TPSA) is 61.4 Å². The van der Waals surface area contributed by atoms with Crippen LogP contribution in [0, 0.1) is 0 Å². The van der Waals surface area contributed by atoms with E-state index in [4.69, 9.17) is 0 Å². The Bertz CT molecular complexity index is 940. The van der Waals surface area contributed by atoms with Crippen LogP contribution in [-0.4, -0.2) is 53.0 Å². The van der Waals surface area contributed by atoms with Gasteiger partial charge in [-0.1, -0.05) is 48.5 Å². The van der Waals surface area contributed by atoms with Crippen LogP contribution in [0.2, 0.25) is 0 Å². The van der Waals surface area contributed by atoms with Gasteiger partial charge in [0, 0.05) is 49.8 Å². The van der Waals surface area contributed by atoms with Crippen molar-refractivity contribution < 1.29 is 4.79 Å². The second kappa shape index (κ2) is 8.84. The molecule has 0 spiro atoms. The number of para-hydroxylation sites is 1. The van der Waals surface area contributed by atoms with E-state index in [1.807, 2.05) is 49.4 Å². The maximum atomic E-state index is 13.0. The van der Waals surface area contributed by atoms with E-state index in [1.165, 1.54) is 0 Å². The molecule has 0 aliphatic carbocycles. The highest BCUT2D eigenvalue weighted by Crippen LogP contribution is 2.27. The number of carbonyl (C=O) groups excluding carboxylic acids is 1. The van der Waals surface area contributed by atoms with E-state index in [0.29, 0.717) is 0 Å². The van der Waals surface area contributed by atoms with Crippen molar-refractivity contribution >= 4 is 17.4 Å². The summed E-state index contributed by atoms with van der Waals surface area (Å²) in [6, 6.07) is 17.9. The highest BCUT2D eigenvalue weighted by molar-refractivity contribution is 5.98.